The summed E-state index contributed by atoms with van der Waals surface area (Å²) in [7, 11) is 1.84. The molecule has 0 aliphatic heterocycles. The van der Waals surface area contributed by atoms with Crippen LogP contribution < -0.4 is 5.32 Å². The van der Waals surface area contributed by atoms with Crippen LogP contribution in [0.5, 0.6) is 0 Å². The molecule has 78 valence electrons. The zero-order valence-corrected chi connectivity index (χ0v) is 8.64. The van der Waals surface area contributed by atoms with Crippen LogP contribution in [-0.4, -0.2) is 7.05 Å². The molecule has 0 amide bonds. The molecule has 0 aromatic heterocycles. The summed E-state index contributed by atoms with van der Waals surface area (Å²) in [5.74, 6) is -2.75. The predicted octanol–water partition coefficient (Wildman–Crippen LogP) is 3.08. The van der Waals surface area contributed by atoms with Crippen LogP contribution in [-0.2, 0) is 5.92 Å². The van der Waals surface area contributed by atoms with Crippen LogP contribution in [0.3, 0.4) is 0 Å². The van der Waals surface area contributed by atoms with Crippen LogP contribution in [0.2, 0.25) is 0 Å². The molecule has 1 nitrogen and oxygen atoms in total. The normalized spacial score (nSPS) is 14.1. The summed E-state index contributed by atoms with van der Waals surface area (Å²) in [6.45, 7) is 2.89. The van der Waals surface area contributed by atoms with Gasteiger partial charge in [0.2, 0.25) is 0 Å². The first-order chi connectivity index (χ1) is 6.45. The van der Waals surface area contributed by atoms with Gasteiger partial charge in [-0.25, -0.2) is 8.78 Å². The number of halogens is 2. The molecular formula is C11H15F2N. The third-order valence-electron chi connectivity index (χ3n) is 2.35. The molecule has 0 fully saturated rings. The lowest BCUT2D eigenvalue weighted by Gasteiger charge is -2.14. The number of hydrogen-bond acceptors (Lipinski definition) is 1. The molecule has 14 heavy (non-hydrogen) atoms. The highest BCUT2D eigenvalue weighted by molar-refractivity contribution is 5.27. The van der Waals surface area contributed by atoms with Gasteiger partial charge in [-0.15, -0.1) is 0 Å². The van der Waals surface area contributed by atoms with Crippen LogP contribution in [0, 0.1) is 0 Å². The minimum absolute atomic E-state index is 0.0598. The van der Waals surface area contributed by atoms with Crippen molar-refractivity contribution in [2.75, 3.05) is 7.05 Å². The molecule has 1 rings (SSSR count). The van der Waals surface area contributed by atoms with E-state index >= 15 is 0 Å². The Morgan fingerprint density at radius 1 is 1.21 bits per heavy atom. The minimum atomic E-state index is -2.75. The first kappa shape index (κ1) is 11.1. The summed E-state index contributed by atoms with van der Waals surface area (Å²) in [5.41, 5.74) is 1.07. The van der Waals surface area contributed by atoms with Gasteiger partial charge >= 0.3 is 0 Å². The first-order valence-electron chi connectivity index (χ1n) is 4.60. The van der Waals surface area contributed by atoms with Crippen molar-refractivity contribution < 1.29 is 8.78 Å². The fourth-order valence-electron chi connectivity index (χ4n) is 1.23. The van der Waals surface area contributed by atoms with E-state index < -0.39 is 5.92 Å². The van der Waals surface area contributed by atoms with Crippen molar-refractivity contribution in [3.8, 4) is 0 Å². The maximum atomic E-state index is 12.9. The molecule has 0 saturated carbocycles. The van der Waals surface area contributed by atoms with E-state index in [4.69, 9.17) is 0 Å². The van der Waals surface area contributed by atoms with Gasteiger partial charge in [0.05, 0.1) is 0 Å². The number of hydrogen-bond donors (Lipinski definition) is 1. The molecule has 1 atom stereocenters. The Morgan fingerprint density at radius 2 is 1.71 bits per heavy atom. The summed E-state index contributed by atoms with van der Waals surface area (Å²) in [6.07, 6.45) is 0. The van der Waals surface area contributed by atoms with E-state index in [0.29, 0.717) is 0 Å². The van der Waals surface area contributed by atoms with Crippen molar-refractivity contribution in [1.82, 2.24) is 5.32 Å². The van der Waals surface area contributed by atoms with Gasteiger partial charge in [0.25, 0.3) is 5.92 Å². The Balaban J connectivity index is 2.89. The second kappa shape index (κ2) is 4.05. The molecule has 0 aliphatic rings. The average molecular weight is 199 g/mol. The standard InChI is InChI=1S/C11H15F2N/c1-8(14-3)9-4-6-10(7-5-9)11(2,12)13/h4-8,14H,1-3H3. The van der Waals surface area contributed by atoms with Gasteiger partial charge in [-0.05, 0) is 19.5 Å². The fourth-order valence-corrected chi connectivity index (χ4v) is 1.23. The van der Waals surface area contributed by atoms with E-state index in [1.54, 1.807) is 12.1 Å². The van der Waals surface area contributed by atoms with Crippen LogP contribution in [0.1, 0.15) is 31.0 Å². The van der Waals surface area contributed by atoms with Gasteiger partial charge in [0, 0.05) is 18.5 Å². The number of rotatable bonds is 3. The summed E-state index contributed by atoms with van der Waals surface area (Å²) in [4.78, 5) is 0. The van der Waals surface area contributed by atoms with Crippen molar-refractivity contribution in [3.63, 3.8) is 0 Å². The monoisotopic (exact) mass is 199 g/mol. The second-order valence-electron chi connectivity index (χ2n) is 3.52. The number of nitrogens with one attached hydrogen (secondary N) is 1. The van der Waals surface area contributed by atoms with Crippen LogP contribution in [0.4, 0.5) is 8.78 Å². The molecule has 0 bridgehead atoms. The van der Waals surface area contributed by atoms with Crippen molar-refractivity contribution >= 4 is 0 Å². The lowest BCUT2D eigenvalue weighted by Crippen LogP contribution is -2.13. The van der Waals surface area contributed by atoms with Gasteiger partial charge < -0.3 is 5.32 Å². The predicted molar refractivity (Wildman–Crippen MR) is 53.5 cm³/mol. The topological polar surface area (TPSA) is 12.0 Å². The van der Waals surface area contributed by atoms with Crippen molar-refractivity contribution in [1.29, 1.82) is 0 Å². The van der Waals surface area contributed by atoms with Crippen LogP contribution >= 0.6 is 0 Å². The van der Waals surface area contributed by atoms with E-state index in [9.17, 15) is 8.78 Å². The molecule has 1 unspecified atom stereocenters. The summed E-state index contributed by atoms with van der Waals surface area (Å²) < 4.78 is 25.7. The van der Waals surface area contributed by atoms with Gasteiger partial charge in [0.1, 0.15) is 0 Å². The van der Waals surface area contributed by atoms with Gasteiger partial charge in [-0.3, -0.25) is 0 Å². The largest absolute Gasteiger partial charge is 0.313 e. The molecule has 0 heterocycles. The van der Waals surface area contributed by atoms with E-state index in [1.165, 1.54) is 12.1 Å². The SMILES string of the molecule is CNC(C)c1ccc(C(C)(F)F)cc1. The Bertz CT molecular complexity index is 287. The van der Waals surface area contributed by atoms with Crippen LogP contribution in [0.25, 0.3) is 0 Å². The molecule has 0 spiro atoms. The average Bonchev–Trinajstić information content (AvgIpc) is 2.15. The summed E-state index contributed by atoms with van der Waals surface area (Å²) in [6, 6.07) is 6.60. The third kappa shape index (κ3) is 2.51. The summed E-state index contributed by atoms with van der Waals surface area (Å²) in [5, 5.41) is 3.05. The zero-order valence-electron chi connectivity index (χ0n) is 8.64. The molecule has 3 heteroatoms. The molecule has 1 N–H and O–H groups in total. The van der Waals surface area contributed by atoms with Crippen molar-refractivity contribution in [2.24, 2.45) is 0 Å². The van der Waals surface area contributed by atoms with Crippen molar-refractivity contribution in [2.45, 2.75) is 25.8 Å². The second-order valence-corrected chi connectivity index (χ2v) is 3.52. The zero-order chi connectivity index (χ0) is 10.8. The quantitative estimate of drug-likeness (QED) is 0.788. The third-order valence-corrected chi connectivity index (χ3v) is 2.35. The van der Waals surface area contributed by atoms with Gasteiger partial charge in [0.15, 0.2) is 0 Å². The maximum Gasteiger partial charge on any atom is 0.270 e. The lowest BCUT2D eigenvalue weighted by atomic mass is 10.0. The Kier molecular flexibility index (Phi) is 3.21. The fraction of sp³-hybridized carbons (Fsp3) is 0.455. The van der Waals surface area contributed by atoms with E-state index in [-0.39, 0.29) is 11.6 Å². The Hall–Kier alpha value is -0.960. The maximum absolute atomic E-state index is 12.9. The van der Waals surface area contributed by atoms with E-state index in [1.807, 2.05) is 14.0 Å². The molecule has 1 aromatic carbocycles. The number of benzene rings is 1. The highest BCUT2D eigenvalue weighted by Crippen LogP contribution is 2.27. The lowest BCUT2D eigenvalue weighted by molar-refractivity contribution is 0.0174. The molecular weight excluding hydrogens is 184 g/mol. The minimum Gasteiger partial charge on any atom is -0.313 e. The van der Waals surface area contributed by atoms with Gasteiger partial charge in [-0.1, -0.05) is 24.3 Å². The van der Waals surface area contributed by atoms with Gasteiger partial charge in [-0.2, -0.15) is 0 Å². The first-order valence-corrected chi connectivity index (χ1v) is 4.60. The molecule has 1 aromatic rings. The van der Waals surface area contributed by atoms with E-state index in [0.717, 1.165) is 12.5 Å². The molecule has 0 radical (unpaired) electrons. The molecule has 0 saturated heterocycles. The van der Waals surface area contributed by atoms with Crippen LogP contribution in [0.15, 0.2) is 24.3 Å². The highest BCUT2D eigenvalue weighted by atomic mass is 19.3. The molecule has 0 aliphatic carbocycles. The highest BCUT2D eigenvalue weighted by Gasteiger charge is 2.23. The Morgan fingerprint density at radius 3 is 2.07 bits per heavy atom. The number of alkyl halides is 2. The Labute approximate surface area is 83.1 Å². The smallest absolute Gasteiger partial charge is 0.270 e. The summed E-state index contributed by atoms with van der Waals surface area (Å²) >= 11 is 0. The van der Waals surface area contributed by atoms with Crippen molar-refractivity contribution in [3.05, 3.63) is 35.4 Å². The van der Waals surface area contributed by atoms with E-state index in [2.05, 4.69) is 5.32 Å².